The Kier molecular flexibility index (Phi) is 4.51. The molecule has 0 spiro atoms. The molecular formula is C19H21FN4. The monoisotopic (exact) mass is 324 g/mol. The molecule has 4 nitrogen and oxygen atoms in total. The molecule has 0 unspecified atom stereocenters. The summed E-state index contributed by atoms with van der Waals surface area (Å²) < 4.78 is 13.4. The lowest BCUT2D eigenvalue weighted by Gasteiger charge is -2.08. The van der Waals surface area contributed by atoms with Gasteiger partial charge in [-0.2, -0.15) is 0 Å². The number of nitrogens with zero attached hydrogens (tertiary/aromatic N) is 1. The Bertz CT molecular complexity index is 896. The van der Waals surface area contributed by atoms with Crippen molar-refractivity contribution in [3.8, 4) is 0 Å². The number of H-pyrrole nitrogens is 1. The fraction of sp³-hybridized carbons (Fsp3) is 0.211. The lowest BCUT2D eigenvalue weighted by Crippen LogP contribution is -2.23. The van der Waals surface area contributed by atoms with E-state index in [1.165, 1.54) is 17.2 Å². The number of anilines is 1. The smallest absolute Gasteiger partial charge is 0.193 e. The number of aromatic amines is 1. The van der Waals surface area contributed by atoms with Crippen LogP contribution < -0.4 is 11.1 Å². The van der Waals surface area contributed by atoms with Crippen molar-refractivity contribution in [2.75, 3.05) is 11.9 Å². The third kappa shape index (κ3) is 3.56. The summed E-state index contributed by atoms with van der Waals surface area (Å²) in [6.07, 6.45) is 2.59. The molecule has 0 atom stereocenters. The zero-order valence-corrected chi connectivity index (χ0v) is 13.9. The maximum Gasteiger partial charge on any atom is 0.193 e. The van der Waals surface area contributed by atoms with Gasteiger partial charge in [0.2, 0.25) is 0 Å². The SMILES string of the molecule is Cc1ccc(NC(N)=NCCc2c[nH]c3ccc(F)cc23)cc1C. The lowest BCUT2D eigenvalue weighted by molar-refractivity contribution is 0.629. The Morgan fingerprint density at radius 3 is 2.79 bits per heavy atom. The third-order valence-electron chi connectivity index (χ3n) is 4.17. The summed E-state index contributed by atoms with van der Waals surface area (Å²) in [4.78, 5) is 7.49. The highest BCUT2D eigenvalue weighted by Gasteiger charge is 2.05. The van der Waals surface area contributed by atoms with Gasteiger partial charge in [-0.3, -0.25) is 4.99 Å². The Morgan fingerprint density at radius 2 is 2.00 bits per heavy atom. The fourth-order valence-electron chi connectivity index (χ4n) is 2.66. The van der Waals surface area contributed by atoms with Crippen LogP contribution in [0.15, 0.2) is 47.6 Å². The second-order valence-corrected chi connectivity index (χ2v) is 5.94. The van der Waals surface area contributed by atoms with Crippen LogP contribution in [0.25, 0.3) is 10.9 Å². The van der Waals surface area contributed by atoms with Crippen molar-refractivity contribution < 1.29 is 4.39 Å². The number of nitrogens with two attached hydrogens (primary N) is 1. The lowest BCUT2D eigenvalue weighted by atomic mass is 10.1. The molecule has 0 radical (unpaired) electrons. The van der Waals surface area contributed by atoms with E-state index in [4.69, 9.17) is 5.73 Å². The summed E-state index contributed by atoms with van der Waals surface area (Å²) in [5.41, 5.74) is 11.3. The minimum atomic E-state index is -0.234. The number of aromatic nitrogens is 1. The molecule has 0 saturated carbocycles. The molecule has 124 valence electrons. The molecule has 4 N–H and O–H groups in total. The maximum atomic E-state index is 13.4. The van der Waals surface area contributed by atoms with E-state index >= 15 is 0 Å². The fourth-order valence-corrected chi connectivity index (χ4v) is 2.66. The van der Waals surface area contributed by atoms with Gasteiger partial charge >= 0.3 is 0 Å². The van der Waals surface area contributed by atoms with E-state index in [1.807, 2.05) is 24.4 Å². The van der Waals surface area contributed by atoms with Crippen molar-refractivity contribution in [3.05, 3.63) is 65.1 Å². The van der Waals surface area contributed by atoms with Crippen molar-refractivity contribution in [2.45, 2.75) is 20.3 Å². The van der Waals surface area contributed by atoms with Gasteiger partial charge in [0.15, 0.2) is 5.96 Å². The van der Waals surface area contributed by atoms with Crippen LogP contribution >= 0.6 is 0 Å². The van der Waals surface area contributed by atoms with Crippen LogP contribution in [0.4, 0.5) is 10.1 Å². The van der Waals surface area contributed by atoms with Gasteiger partial charge in [0.1, 0.15) is 5.82 Å². The first-order valence-electron chi connectivity index (χ1n) is 7.92. The Morgan fingerprint density at radius 1 is 1.17 bits per heavy atom. The first-order chi connectivity index (χ1) is 11.5. The zero-order valence-electron chi connectivity index (χ0n) is 13.9. The molecule has 1 aromatic heterocycles. The predicted octanol–water partition coefficient (Wildman–Crippen LogP) is 3.89. The van der Waals surface area contributed by atoms with E-state index in [-0.39, 0.29) is 5.82 Å². The summed E-state index contributed by atoms with van der Waals surface area (Å²) in [6.45, 7) is 4.66. The predicted molar refractivity (Wildman–Crippen MR) is 98.0 cm³/mol. The Labute approximate surface area is 140 Å². The van der Waals surface area contributed by atoms with Crippen LogP contribution in [0, 0.1) is 19.7 Å². The van der Waals surface area contributed by atoms with Crippen molar-refractivity contribution in [3.63, 3.8) is 0 Å². The summed E-state index contributed by atoms with van der Waals surface area (Å²) in [7, 11) is 0. The molecular weight excluding hydrogens is 303 g/mol. The number of guanidine groups is 1. The largest absolute Gasteiger partial charge is 0.370 e. The number of nitrogens with one attached hydrogen (secondary N) is 2. The second-order valence-electron chi connectivity index (χ2n) is 5.94. The molecule has 2 aromatic carbocycles. The van der Waals surface area contributed by atoms with Gasteiger partial charge in [-0.15, -0.1) is 0 Å². The number of aryl methyl sites for hydroxylation is 2. The number of hydrogen-bond donors (Lipinski definition) is 3. The van der Waals surface area contributed by atoms with E-state index in [1.54, 1.807) is 12.1 Å². The maximum absolute atomic E-state index is 13.4. The van der Waals surface area contributed by atoms with Crippen LogP contribution in [0.3, 0.4) is 0 Å². The molecule has 0 saturated heterocycles. The average Bonchev–Trinajstić information content (AvgIpc) is 2.93. The van der Waals surface area contributed by atoms with Gasteiger partial charge in [0, 0.05) is 29.3 Å². The standard InChI is InChI=1S/C19H21FN4/c1-12-3-5-16(9-13(12)2)24-19(21)22-8-7-14-11-23-18-6-4-15(20)10-17(14)18/h3-6,9-11,23H,7-8H2,1-2H3,(H3,21,22,24). The Balaban J connectivity index is 1.64. The number of fused-ring (bicyclic) bond motifs is 1. The van der Waals surface area contributed by atoms with Crippen LogP contribution in [-0.4, -0.2) is 17.5 Å². The quantitative estimate of drug-likeness (QED) is 0.503. The first kappa shape index (κ1) is 16.1. The summed E-state index contributed by atoms with van der Waals surface area (Å²) in [5, 5.41) is 3.99. The van der Waals surface area contributed by atoms with E-state index in [9.17, 15) is 4.39 Å². The number of aliphatic imine (C=N–C) groups is 1. The average molecular weight is 324 g/mol. The second kappa shape index (κ2) is 6.74. The number of hydrogen-bond acceptors (Lipinski definition) is 1. The number of benzene rings is 2. The first-order valence-corrected chi connectivity index (χ1v) is 7.92. The van der Waals surface area contributed by atoms with Gasteiger partial charge in [-0.25, -0.2) is 4.39 Å². The molecule has 0 amide bonds. The summed E-state index contributed by atoms with van der Waals surface area (Å²) in [5.74, 6) is 0.145. The summed E-state index contributed by atoms with van der Waals surface area (Å²) in [6, 6.07) is 10.8. The molecule has 0 aliphatic carbocycles. The normalized spacial score (nSPS) is 11.9. The highest BCUT2D eigenvalue weighted by atomic mass is 19.1. The van der Waals surface area contributed by atoms with Crippen molar-refractivity contribution in [1.82, 2.24) is 4.98 Å². The molecule has 0 fully saturated rings. The van der Waals surface area contributed by atoms with Crippen LogP contribution in [-0.2, 0) is 6.42 Å². The highest BCUT2D eigenvalue weighted by molar-refractivity contribution is 5.92. The Hall–Kier alpha value is -2.82. The van der Waals surface area contributed by atoms with E-state index in [2.05, 4.69) is 29.1 Å². The topological polar surface area (TPSA) is 66.2 Å². The highest BCUT2D eigenvalue weighted by Crippen LogP contribution is 2.20. The minimum Gasteiger partial charge on any atom is -0.370 e. The third-order valence-corrected chi connectivity index (χ3v) is 4.17. The van der Waals surface area contributed by atoms with Crippen LogP contribution in [0.2, 0.25) is 0 Å². The van der Waals surface area contributed by atoms with Gasteiger partial charge in [0.25, 0.3) is 0 Å². The van der Waals surface area contributed by atoms with Crippen LogP contribution in [0.5, 0.6) is 0 Å². The van der Waals surface area contributed by atoms with Gasteiger partial charge < -0.3 is 16.0 Å². The minimum absolute atomic E-state index is 0.234. The van der Waals surface area contributed by atoms with E-state index < -0.39 is 0 Å². The number of halogens is 1. The van der Waals surface area contributed by atoms with Crippen molar-refractivity contribution in [1.29, 1.82) is 0 Å². The molecule has 24 heavy (non-hydrogen) atoms. The van der Waals surface area contributed by atoms with Gasteiger partial charge in [-0.1, -0.05) is 6.07 Å². The molecule has 0 bridgehead atoms. The van der Waals surface area contributed by atoms with Crippen molar-refractivity contribution in [2.24, 2.45) is 10.7 Å². The van der Waals surface area contributed by atoms with E-state index in [0.29, 0.717) is 18.9 Å². The molecule has 3 rings (SSSR count). The van der Waals surface area contributed by atoms with Gasteiger partial charge in [-0.05, 0) is 67.3 Å². The van der Waals surface area contributed by atoms with Crippen LogP contribution in [0.1, 0.15) is 16.7 Å². The molecule has 0 aliphatic heterocycles. The molecule has 1 heterocycles. The molecule has 3 aromatic rings. The number of rotatable bonds is 4. The molecule has 5 heteroatoms. The van der Waals surface area contributed by atoms with E-state index in [0.717, 1.165) is 22.2 Å². The zero-order chi connectivity index (χ0) is 17.1. The molecule has 0 aliphatic rings. The van der Waals surface area contributed by atoms with Gasteiger partial charge in [0.05, 0.1) is 0 Å². The van der Waals surface area contributed by atoms with Crippen molar-refractivity contribution >= 4 is 22.5 Å². The summed E-state index contributed by atoms with van der Waals surface area (Å²) >= 11 is 0.